The van der Waals surface area contributed by atoms with Crippen molar-refractivity contribution in [3.8, 4) is 0 Å². The monoisotopic (exact) mass is 222 g/mol. The average Bonchev–Trinajstić information content (AvgIpc) is 3.17. The van der Waals surface area contributed by atoms with E-state index in [1.54, 1.807) is 0 Å². The van der Waals surface area contributed by atoms with Crippen LogP contribution >= 0.6 is 0 Å². The average molecular weight is 222 g/mol. The molecule has 2 saturated carbocycles. The van der Waals surface area contributed by atoms with Crippen molar-refractivity contribution in [1.29, 1.82) is 0 Å². The fourth-order valence-electron chi connectivity index (χ4n) is 2.71. The third-order valence-electron chi connectivity index (χ3n) is 4.06. The van der Waals surface area contributed by atoms with E-state index < -0.39 is 0 Å². The van der Waals surface area contributed by atoms with Gasteiger partial charge < -0.3 is 0 Å². The van der Waals surface area contributed by atoms with Crippen LogP contribution in [0.15, 0.2) is 0 Å². The molecule has 0 aliphatic heterocycles. The Kier molecular flexibility index (Phi) is 3.46. The lowest BCUT2D eigenvalue weighted by atomic mass is 9.79. The Morgan fingerprint density at radius 3 is 1.38 bits per heavy atom. The van der Waals surface area contributed by atoms with Crippen LogP contribution in [0.2, 0.25) is 0 Å². The fraction of sp³-hybridized carbons (Fsp3) is 0.857. The molecule has 0 aromatic carbocycles. The van der Waals surface area contributed by atoms with Crippen molar-refractivity contribution < 1.29 is 9.59 Å². The van der Waals surface area contributed by atoms with Gasteiger partial charge >= 0.3 is 0 Å². The summed E-state index contributed by atoms with van der Waals surface area (Å²) in [7, 11) is 0. The van der Waals surface area contributed by atoms with Gasteiger partial charge in [0.2, 0.25) is 0 Å². The molecule has 0 N–H and O–H groups in total. The van der Waals surface area contributed by atoms with E-state index >= 15 is 0 Å². The fourth-order valence-corrected chi connectivity index (χ4v) is 2.71. The second-order valence-electron chi connectivity index (χ2n) is 5.38. The van der Waals surface area contributed by atoms with Gasteiger partial charge in [-0.05, 0) is 38.5 Å². The van der Waals surface area contributed by atoms with E-state index in [-0.39, 0.29) is 11.8 Å². The van der Waals surface area contributed by atoms with E-state index in [1.807, 2.05) is 13.8 Å². The molecule has 0 heterocycles. The molecule has 0 radical (unpaired) electrons. The molecule has 2 unspecified atom stereocenters. The summed E-state index contributed by atoms with van der Waals surface area (Å²) in [6.07, 6.45) is 5.91. The van der Waals surface area contributed by atoms with Gasteiger partial charge in [0.25, 0.3) is 0 Å². The molecule has 2 nitrogen and oxygen atoms in total. The summed E-state index contributed by atoms with van der Waals surface area (Å²) >= 11 is 0. The maximum Gasteiger partial charge on any atom is 0.139 e. The SMILES string of the molecule is CCC(C(=O)C1CC1)C(CC)C(=O)C1CC1. The molecule has 2 rings (SSSR count). The molecule has 90 valence electrons. The van der Waals surface area contributed by atoms with Gasteiger partial charge in [-0.3, -0.25) is 9.59 Å². The number of carbonyl (C=O) groups excluding carboxylic acids is 2. The van der Waals surface area contributed by atoms with E-state index in [1.165, 1.54) is 0 Å². The zero-order chi connectivity index (χ0) is 11.7. The number of ketones is 2. The van der Waals surface area contributed by atoms with Gasteiger partial charge in [-0.15, -0.1) is 0 Å². The molecule has 0 bridgehead atoms. The first-order valence-corrected chi connectivity index (χ1v) is 6.76. The lowest BCUT2D eigenvalue weighted by Gasteiger charge is -2.23. The highest BCUT2D eigenvalue weighted by atomic mass is 16.1. The summed E-state index contributed by atoms with van der Waals surface area (Å²) in [5.41, 5.74) is 0. The molecule has 0 aromatic rings. The Morgan fingerprint density at radius 1 is 0.875 bits per heavy atom. The lowest BCUT2D eigenvalue weighted by Crippen LogP contribution is -2.31. The molecule has 0 spiro atoms. The minimum absolute atomic E-state index is 0.0191. The maximum absolute atomic E-state index is 12.1. The van der Waals surface area contributed by atoms with Crippen LogP contribution in [0, 0.1) is 23.7 Å². The maximum atomic E-state index is 12.1. The second-order valence-corrected chi connectivity index (χ2v) is 5.38. The third kappa shape index (κ3) is 2.36. The molecule has 2 aliphatic carbocycles. The first-order valence-electron chi connectivity index (χ1n) is 6.76. The number of carbonyl (C=O) groups is 2. The van der Waals surface area contributed by atoms with Gasteiger partial charge in [-0.25, -0.2) is 0 Å². The van der Waals surface area contributed by atoms with Gasteiger partial charge in [0, 0.05) is 23.7 Å². The van der Waals surface area contributed by atoms with Crippen LogP contribution in [0.5, 0.6) is 0 Å². The zero-order valence-corrected chi connectivity index (χ0v) is 10.4. The Labute approximate surface area is 97.8 Å². The van der Waals surface area contributed by atoms with Crippen LogP contribution in [-0.4, -0.2) is 11.6 Å². The molecule has 2 fully saturated rings. The summed E-state index contributed by atoms with van der Waals surface area (Å²) in [5, 5.41) is 0. The van der Waals surface area contributed by atoms with Crippen molar-refractivity contribution in [3.63, 3.8) is 0 Å². The van der Waals surface area contributed by atoms with Crippen molar-refractivity contribution in [1.82, 2.24) is 0 Å². The molecule has 2 aliphatic rings. The van der Waals surface area contributed by atoms with E-state index in [9.17, 15) is 9.59 Å². The second kappa shape index (κ2) is 4.68. The minimum Gasteiger partial charge on any atom is -0.299 e. The molecule has 0 amide bonds. The first-order chi connectivity index (χ1) is 7.69. The van der Waals surface area contributed by atoms with Crippen LogP contribution in [0.25, 0.3) is 0 Å². The molecule has 0 saturated heterocycles. The largest absolute Gasteiger partial charge is 0.299 e. The van der Waals surface area contributed by atoms with Crippen LogP contribution in [0.1, 0.15) is 52.4 Å². The van der Waals surface area contributed by atoms with E-state index in [4.69, 9.17) is 0 Å². The summed E-state index contributed by atoms with van der Waals surface area (Å²) in [6.45, 7) is 4.10. The van der Waals surface area contributed by atoms with Crippen molar-refractivity contribution in [2.45, 2.75) is 52.4 Å². The smallest absolute Gasteiger partial charge is 0.139 e. The predicted molar refractivity (Wildman–Crippen MR) is 63.0 cm³/mol. The van der Waals surface area contributed by atoms with Crippen molar-refractivity contribution in [2.24, 2.45) is 23.7 Å². The molecule has 2 heteroatoms. The number of rotatable bonds is 7. The highest BCUT2D eigenvalue weighted by molar-refractivity contribution is 5.93. The highest BCUT2D eigenvalue weighted by Gasteiger charge is 2.42. The highest BCUT2D eigenvalue weighted by Crippen LogP contribution is 2.40. The number of hydrogen-bond acceptors (Lipinski definition) is 2. The predicted octanol–water partition coefficient (Wildman–Crippen LogP) is 3.00. The standard InChI is InChI=1S/C14H22O2/c1-3-11(13(15)9-5-6-9)12(4-2)14(16)10-7-8-10/h9-12H,3-8H2,1-2H3. The minimum atomic E-state index is 0.0191. The summed E-state index contributed by atoms with van der Waals surface area (Å²) in [4.78, 5) is 24.3. The molecule has 2 atom stereocenters. The normalized spacial score (nSPS) is 23.9. The summed E-state index contributed by atoms with van der Waals surface area (Å²) in [6, 6.07) is 0. The Bertz CT molecular complexity index is 257. The van der Waals surface area contributed by atoms with E-state index in [0.29, 0.717) is 23.4 Å². The molecular formula is C14H22O2. The number of Topliss-reactive ketones (excluding diaryl/α,β-unsaturated/α-hetero) is 2. The van der Waals surface area contributed by atoms with Gasteiger partial charge in [0.1, 0.15) is 11.6 Å². The van der Waals surface area contributed by atoms with Gasteiger partial charge in [0.05, 0.1) is 0 Å². The Morgan fingerprint density at radius 2 is 1.19 bits per heavy atom. The van der Waals surface area contributed by atoms with E-state index in [2.05, 4.69) is 0 Å². The van der Waals surface area contributed by atoms with E-state index in [0.717, 1.165) is 38.5 Å². The van der Waals surface area contributed by atoms with Crippen molar-refractivity contribution >= 4 is 11.6 Å². The van der Waals surface area contributed by atoms with Crippen LogP contribution in [0.4, 0.5) is 0 Å². The van der Waals surface area contributed by atoms with Gasteiger partial charge in [-0.2, -0.15) is 0 Å². The van der Waals surface area contributed by atoms with Gasteiger partial charge in [0.15, 0.2) is 0 Å². The topological polar surface area (TPSA) is 34.1 Å². The van der Waals surface area contributed by atoms with Crippen LogP contribution in [-0.2, 0) is 9.59 Å². The Hall–Kier alpha value is -0.660. The zero-order valence-electron chi connectivity index (χ0n) is 10.4. The van der Waals surface area contributed by atoms with Crippen molar-refractivity contribution in [2.75, 3.05) is 0 Å². The first kappa shape index (κ1) is 11.8. The molecule has 0 aromatic heterocycles. The third-order valence-corrected chi connectivity index (χ3v) is 4.06. The van der Waals surface area contributed by atoms with Crippen LogP contribution in [0.3, 0.4) is 0 Å². The Balaban J connectivity index is 2.03. The quantitative estimate of drug-likeness (QED) is 0.663. The lowest BCUT2D eigenvalue weighted by molar-refractivity contribution is -0.134. The van der Waals surface area contributed by atoms with Gasteiger partial charge in [-0.1, -0.05) is 13.8 Å². The number of hydrogen-bond donors (Lipinski definition) is 0. The molecular weight excluding hydrogens is 200 g/mol. The van der Waals surface area contributed by atoms with Crippen LogP contribution < -0.4 is 0 Å². The summed E-state index contributed by atoms with van der Waals surface area (Å²) < 4.78 is 0. The summed E-state index contributed by atoms with van der Waals surface area (Å²) in [5.74, 6) is 1.39. The molecule has 16 heavy (non-hydrogen) atoms. The van der Waals surface area contributed by atoms with Crippen molar-refractivity contribution in [3.05, 3.63) is 0 Å².